The summed E-state index contributed by atoms with van der Waals surface area (Å²) >= 11 is 0. The van der Waals surface area contributed by atoms with Gasteiger partial charge in [0.25, 0.3) is 0 Å². The van der Waals surface area contributed by atoms with Gasteiger partial charge in [-0.2, -0.15) is 0 Å². The number of morpholine rings is 1. The van der Waals surface area contributed by atoms with Gasteiger partial charge in [-0.1, -0.05) is 55.8 Å². The SMILES string of the molecule is CCCCc1cc(C(CCc2ccccc2)N2CCOCC2)ccc1O. The van der Waals surface area contributed by atoms with Crippen molar-refractivity contribution in [3.63, 3.8) is 0 Å². The van der Waals surface area contributed by atoms with Crippen molar-refractivity contribution in [2.45, 2.75) is 45.1 Å². The lowest BCUT2D eigenvalue weighted by Crippen LogP contribution is -2.39. The minimum Gasteiger partial charge on any atom is -0.508 e. The zero-order valence-electron chi connectivity index (χ0n) is 15.9. The van der Waals surface area contributed by atoms with Crippen LogP contribution in [0.1, 0.15) is 48.9 Å². The minimum absolute atomic E-state index is 0.375. The number of unbranched alkanes of at least 4 members (excludes halogenated alkanes) is 1. The van der Waals surface area contributed by atoms with Crippen LogP contribution >= 0.6 is 0 Å². The molecule has 1 N–H and O–H groups in total. The lowest BCUT2D eigenvalue weighted by Gasteiger charge is -2.35. The lowest BCUT2D eigenvalue weighted by molar-refractivity contribution is 0.0142. The van der Waals surface area contributed by atoms with E-state index in [0.717, 1.165) is 64.0 Å². The summed E-state index contributed by atoms with van der Waals surface area (Å²) in [6.45, 7) is 5.76. The zero-order valence-corrected chi connectivity index (χ0v) is 15.9. The van der Waals surface area contributed by atoms with Crippen LogP contribution in [0.3, 0.4) is 0 Å². The number of ether oxygens (including phenoxy) is 1. The first-order valence-corrected chi connectivity index (χ1v) is 9.95. The lowest BCUT2D eigenvalue weighted by atomic mass is 9.94. The first-order chi connectivity index (χ1) is 12.8. The number of phenolic OH excluding ortho intramolecular Hbond substituents is 1. The minimum atomic E-state index is 0.375. The fourth-order valence-corrected chi connectivity index (χ4v) is 3.78. The highest BCUT2D eigenvalue weighted by Crippen LogP contribution is 2.31. The molecule has 1 atom stereocenters. The van der Waals surface area contributed by atoms with Gasteiger partial charge in [-0.25, -0.2) is 0 Å². The quantitative estimate of drug-likeness (QED) is 0.744. The number of phenols is 1. The topological polar surface area (TPSA) is 32.7 Å². The first kappa shape index (κ1) is 18.9. The van der Waals surface area contributed by atoms with E-state index in [0.29, 0.717) is 11.8 Å². The molecule has 0 saturated carbocycles. The summed E-state index contributed by atoms with van der Waals surface area (Å²) in [5.74, 6) is 0.436. The third kappa shape index (κ3) is 5.09. The summed E-state index contributed by atoms with van der Waals surface area (Å²) in [6, 6.07) is 17.3. The smallest absolute Gasteiger partial charge is 0.118 e. The van der Waals surface area contributed by atoms with Gasteiger partial charge in [0.1, 0.15) is 5.75 Å². The number of nitrogens with zero attached hydrogens (tertiary/aromatic N) is 1. The molecule has 1 aliphatic heterocycles. The number of rotatable bonds is 8. The molecule has 3 heteroatoms. The number of aryl methyl sites for hydroxylation is 2. The van der Waals surface area contributed by atoms with Crippen molar-refractivity contribution < 1.29 is 9.84 Å². The van der Waals surface area contributed by atoms with Crippen LogP contribution in [-0.2, 0) is 17.6 Å². The number of aromatic hydroxyl groups is 1. The molecular formula is C23H31NO2. The van der Waals surface area contributed by atoms with Crippen LogP contribution in [0.4, 0.5) is 0 Å². The third-order valence-corrected chi connectivity index (χ3v) is 5.32. The first-order valence-electron chi connectivity index (χ1n) is 9.95. The molecule has 2 aromatic rings. The van der Waals surface area contributed by atoms with Crippen LogP contribution in [-0.4, -0.2) is 36.3 Å². The summed E-state index contributed by atoms with van der Waals surface area (Å²) < 4.78 is 5.56. The third-order valence-electron chi connectivity index (χ3n) is 5.32. The molecule has 0 amide bonds. The van der Waals surface area contributed by atoms with E-state index in [-0.39, 0.29) is 0 Å². The molecule has 26 heavy (non-hydrogen) atoms. The van der Waals surface area contributed by atoms with Gasteiger partial charge in [-0.15, -0.1) is 0 Å². The second-order valence-electron chi connectivity index (χ2n) is 7.18. The Morgan fingerprint density at radius 1 is 1.04 bits per heavy atom. The Kier molecular flexibility index (Phi) is 7.10. The van der Waals surface area contributed by atoms with Crippen molar-refractivity contribution in [1.82, 2.24) is 4.90 Å². The normalized spacial score (nSPS) is 16.5. The van der Waals surface area contributed by atoms with Gasteiger partial charge in [-0.05, 0) is 48.4 Å². The molecule has 3 nitrogen and oxygen atoms in total. The molecule has 1 heterocycles. The highest BCUT2D eigenvalue weighted by atomic mass is 16.5. The number of hydrogen-bond donors (Lipinski definition) is 1. The summed E-state index contributed by atoms with van der Waals surface area (Å²) in [5.41, 5.74) is 3.80. The molecule has 140 valence electrons. The van der Waals surface area contributed by atoms with Gasteiger partial charge in [0, 0.05) is 19.1 Å². The standard InChI is InChI=1S/C23H31NO2/c1-2-3-9-21-18-20(11-13-23(21)25)22(24-14-16-26-17-15-24)12-10-19-7-5-4-6-8-19/h4-8,11,13,18,22,25H,2-3,9-10,12,14-17H2,1H3. The van der Waals surface area contributed by atoms with E-state index in [2.05, 4.69) is 54.3 Å². The average Bonchev–Trinajstić information content (AvgIpc) is 2.70. The fraction of sp³-hybridized carbons (Fsp3) is 0.478. The highest BCUT2D eigenvalue weighted by Gasteiger charge is 2.23. The van der Waals surface area contributed by atoms with Crippen LogP contribution < -0.4 is 0 Å². The Balaban J connectivity index is 1.79. The summed E-state index contributed by atoms with van der Waals surface area (Å²) in [5, 5.41) is 10.2. The Morgan fingerprint density at radius 3 is 2.54 bits per heavy atom. The summed E-state index contributed by atoms with van der Waals surface area (Å²) in [4.78, 5) is 2.54. The van der Waals surface area contributed by atoms with Crippen molar-refractivity contribution in [2.75, 3.05) is 26.3 Å². The molecule has 1 aliphatic rings. The van der Waals surface area contributed by atoms with Crippen molar-refractivity contribution in [3.05, 3.63) is 65.2 Å². The zero-order chi connectivity index (χ0) is 18.2. The Morgan fingerprint density at radius 2 is 1.81 bits per heavy atom. The Bertz CT molecular complexity index is 665. The molecule has 1 saturated heterocycles. The van der Waals surface area contributed by atoms with E-state index in [4.69, 9.17) is 4.74 Å². The van der Waals surface area contributed by atoms with Crippen LogP contribution in [0.15, 0.2) is 48.5 Å². The van der Waals surface area contributed by atoms with Gasteiger partial charge in [0.2, 0.25) is 0 Å². The van der Waals surface area contributed by atoms with Crippen molar-refractivity contribution >= 4 is 0 Å². The number of benzene rings is 2. The van der Waals surface area contributed by atoms with E-state index < -0.39 is 0 Å². The van der Waals surface area contributed by atoms with E-state index in [1.54, 1.807) is 0 Å². The summed E-state index contributed by atoms with van der Waals surface area (Å²) in [7, 11) is 0. The molecule has 0 aliphatic carbocycles. The second kappa shape index (κ2) is 9.75. The largest absolute Gasteiger partial charge is 0.508 e. The highest BCUT2D eigenvalue weighted by molar-refractivity contribution is 5.37. The van der Waals surface area contributed by atoms with Gasteiger partial charge >= 0.3 is 0 Å². The van der Waals surface area contributed by atoms with Crippen LogP contribution in [0, 0.1) is 0 Å². The molecule has 0 radical (unpaired) electrons. The predicted molar refractivity (Wildman–Crippen MR) is 107 cm³/mol. The van der Waals surface area contributed by atoms with Crippen molar-refractivity contribution in [2.24, 2.45) is 0 Å². The molecule has 1 fully saturated rings. The maximum atomic E-state index is 10.2. The molecule has 1 unspecified atom stereocenters. The summed E-state index contributed by atoms with van der Waals surface area (Å²) in [6.07, 6.45) is 5.36. The van der Waals surface area contributed by atoms with Crippen molar-refractivity contribution in [1.29, 1.82) is 0 Å². The molecule has 0 aromatic heterocycles. The van der Waals surface area contributed by atoms with Crippen LogP contribution in [0.25, 0.3) is 0 Å². The van der Waals surface area contributed by atoms with E-state index in [1.165, 1.54) is 11.1 Å². The maximum absolute atomic E-state index is 10.2. The fourth-order valence-electron chi connectivity index (χ4n) is 3.78. The van der Waals surface area contributed by atoms with Gasteiger partial charge in [0.15, 0.2) is 0 Å². The molecule has 0 spiro atoms. The van der Waals surface area contributed by atoms with E-state index >= 15 is 0 Å². The van der Waals surface area contributed by atoms with Crippen LogP contribution in [0.5, 0.6) is 5.75 Å². The maximum Gasteiger partial charge on any atom is 0.118 e. The van der Waals surface area contributed by atoms with Gasteiger partial charge < -0.3 is 9.84 Å². The Labute approximate surface area is 157 Å². The predicted octanol–water partition coefficient (Wildman–Crippen LogP) is 4.74. The van der Waals surface area contributed by atoms with Crippen molar-refractivity contribution in [3.8, 4) is 5.75 Å². The number of hydrogen-bond acceptors (Lipinski definition) is 3. The average molecular weight is 354 g/mol. The molecular weight excluding hydrogens is 322 g/mol. The monoisotopic (exact) mass is 353 g/mol. The molecule has 3 rings (SSSR count). The second-order valence-corrected chi connectivity index (χ2v) is 7.18. The molecule has 0 bridgehead atoms. The van der Waals surface area contributed by atoms with Gasteiger partial charge in [-0.3, -0.25) is 4.90 Å². The Hall–Kier alpha value is -1.84. The van der Waals surface area contributed by atoms with E-state index in [1.807, 2.05) is 6.07 Å². The van der Waals surface area contributed by atoms with Gasteiger partial charge in [0.05, 0.1) is 13.2 Å². The molecule has 2 aromatic carbocycles. The van der Waals surface area contributed by atoms with E-state index in [9.17, 15) is 5.11 Å². The van der Waals surface area contributed by atoms with Crippen LogP contribution in [0.2, 0.25) is 0 Å².